The maximum Gasteiger partial charge on any atom is 0.407 e. The predicted octanol–water partition coefficient (Wildman–Crippen LogP) is 10.4. The average Bonchev–Trinajstić information content (AvgIpc) is 3.34. The van der Waals surface area contributed by atoms with Crippen molar-refractivity contribution in [1.82, 2.24) is 25.8 Å². The number of benzene rings is 1. The van der Waals surface area contributed by atoms with Crippen molar-refractivity contribution < 1.29 is 71.2 Å². The summed E-state index contributed by atoms with van der Waals surface area (Å²) in [6.07, 6.45) is 6.33. The molecule has 0 heterocycles. The first-order valence-corrected chi connectivity index (χ1v) is 38.4. The van der Waals surface area contributed by atoms with Gasteiger partial charge in [-0.15, -0.1) is 0 Å². The Morgan fingerprint density at radius 2 is 1.33 bits per heavy atom. The van der Waals surface area contributed by atoms with Gasteiger partial charge in [-0.3, -0.25) is 28.8 Å². The third kappa shape index (κ3) is 32.5. The quantitative estimate of drug-likeness (QED) is 0.0137. The third-order valence-corrected chi connectivity index (χ3v) is 22.1. The van der Waals surface area contributed by atoms with Crippen LogP contribution in [0.4, 0.5) is 4.79 Å². The Morgan fingerprint density at radius 1 is 0.739 bits per heavy atom. The van der Waals surface area contributed by atoms with E-state index in [2.05, 4.69) is 89.4 Å². The van der Waals surface area contributed by atoms with Gasteiger partial charge in [0.2, 0.25) is 17.7 Å². The minimum atomic E-state index is -2.08. The standard InChI is InChI=1S/C66H115N5O15Si2/c1-21-47(5)59(52(10)72)69-57(73)45-70(14)63(77)55(44-53-30-32-54(33-31-53)84-58(74)29-23-24-35-80-37-39-82-40-38-81-36-26-34-67-65(79)83-41-42-87(16,17)18)71(15)62(76)51(9)68-61(75)56(43-46(3)4)85-64(78)50(8)28-25-27-49(7)60(48(6)22-2)86-88(19,20)66(11,12)13/h22,28,30-33,46-47,49,51,55-56,59-60H,21,23-27,29,34-45H2,1-20H3,(H,67,79)(H,68,75)(H,69,73)/b48-22+,50-28+/t47?,49-,51-,55+,56+,59-,60+/m0/s1. The molecule has 0 aliphatic carbocycles. The van der Waals surface area contributed by atoms with Gasteiger partial charge in [0.05, 0.1) is 51.7 Å². The molecule has 3 N–H and O–H groups in total. The fraction of sp³-hybridized carbons (Fsp3) is 0.727. The molecule has 0 aliphatic heterocycles. The zero-order valence-electron chi connectivity index (χ0n) is 57.5. The molecule has 1 rings (SSSR count). The lowest BCUT2D eigenvalue weighted by Gasteiger charge is -2.41. The number of rotatable bonds is 43. The molecular weight excluding hydrogens is 1160 g/mol. The van der Waals surface area contributed by atoms with Crippen molar-refractivity contribution in [2.24, 2.45) is 17.8 Å². The zero-order chi connectivity index (χ0) is 67.0. The number of allylic oxidation sites excluding steroid dienone is 2. The molecule has 0 saturated heterocycles. The number of Topliss-reactive ketones (excluding diaryl/α,β-unsaturated/α-hetero) is 1. The number of hydrogen-bond acceptors (Lipinski definition) is 15. The van der Waals surface area contributed by atoms with E-state index >= 15 is 0 Å². The highest BCUT2D eigenvalue weighted by molar-refractivity contribution is 6.76. The first kappa shape index (κ1) is 80.7. The Morgan fingerprint density at radius 3 is 1.88 bits per heavy atom. The van der Waals surface area contributed by atoms with Crippen molar-refractivity contribution in [3.05, 3.63) is 53.1 Å². The Bertz CT molecular complexity index is 2390. The Kier molecular flexibility index (Phi) is 37.8. The molecule has 0 bridgehead atoms. The number of carbonyl (C=O) groups is 8. The third-order valence-electron chi connectivity index (χ3n) is 15.9. The number of ketones is 1. The zero-order valence-corrected chi connectivity index (χ0v) is 59.5. The molecule has 1 aromatic carbocycles. The van der Waals surface area contributed by atoms with E-state index in [9.17, 15) is 38.4 Å². The highest BCUT2D eigenvalue weighted by Gasteiger charge is 2.41. The van der Waals surface area contributed by atoms with Crippen molar-refractivity contribution >= 4 is 63.8 Å². The van der Waals surface area contributed by atoms with Gasteiger partial charge in [0.25, 0.3) is 5.91 Å². The second kappa shape index (κ2) is 41.2. The summed E-state index contributed by atoms with van der Waals surface area (Å²) in [4.78, 5) is 109. The van der Waals surface area contributed by atoms with Crippen LogP contribution in [0.5, 0.6) is 5.75 Å². The average molecular weight is 1270 g/mol. The largest absolute Gasteiger partial charge is 0.450 e. The summed E-state index contributed by atoms with van der Waals surface area (Å²) in [6, 6.07) is 4.34. The van der Waals surface area contributed by atoms with E-state index in [0.717, 1.165) is 12.5 Å². The summed E-state index contributed by atoms with van der Waals surface area (Å²) in [5.41, 5.74) is 2.12. The molecule has 0 aromatic heterocycles. The molecule has 0 spiro atoms. The fourth-order valence-corrected chi connectivity index (χ4v) is 10.9. The molecule has 88 heavy (non-hydrogen) atoms. The molecule has 0 aliphatic rings. The predicted molar refractivity (Wildman–Crippen MR) is 351 cm³/mol. The van der Waals surface area contributed by atoms with E-state index in [1.165, 1.54) is 43.3 Å². The second-order valence-corrected chi connectivity index (χ2v) is 36.9. The summed E-state index contributed by atoms with van der Waals surface area (Å²) >= 11 is 0. The number of esters is 2. The molecule has 22 heteroatoms. The van der Waals surface area contributed by atoms with Crippen LogP contribution in [0.3, 0.4) is 0 Å². The number of nitrogens with zero attached hydrogens (tertiary/aromatic N) is 2. The van der Waals surface area contributed by atoms with Gasteiger partial charge < -0.3 is 58.6 Å². The van der Waals surface area contributed by atoms with Gasteiger partial charge in [0.15, 0.2) is 20.2 Å². The molecule has 502 valence electrons. The molecule has 7 atom stereocenters. The first-order chi connectivity index (χ1) is 41.0. The highest BCUT2D eigenvalue weighted by Crippen LogP contribution is 2.39. The van der Waals surface area contributed by atoms with E-state index in [4.69, 9.17) is 32.8 Å². The van der Waals surface area contributed by atoms with Gasteiger partial charge in [-0.2, -0.15) is 0 Å². The molecule has 0 radical (unpaired) electrons. The minimum absolute atomic E-state index is 0.0292. The molecule has 20 nitrogen and oxygen atoms in total. The van der Waals surface area contributed by atoms with Crippen LogP contribution in [-0.4, -0.2) is 177 Å². The van der Waals surface area contributed by atoms with Gasteiger partial charge in [-0.1, -0.05) is 106 Å². The van der Waals surface area contributed by atoms with Crippen LogP contribution in [0.15, 0.2) is 47.6 Å². The van der Waals surface area contributed by atoms with Gasteiger partial charge in [0, 0.05) is 60.3 Å². The van der Waals surface area contributed by atoms with Gasteiger partial charge in [0.1, 0.15) is 17.8 Å². The number of carbonyl (C=O) groups excluding carboxylic acids is 8. The van der Waals surface area contributed by atoms with Gasteiger partial charge >= 0.3 is 18.0 Å². The summed E-state index contributed by atoms with van der Waals surface area (Å²) in [6.45, 7) is 39.3. The van der Waals surface area contributed by atoms with Gasteiger partial charge in [-0.05, 0) is 138 Å². The van der Waals surface area contributed by atoms with Crippen molar-refractivity contribution in [2.75, 3.05) is 73.4 Å². The van der Waals surface area contributed by atoms with Crippen LogP contribution in [0.1, 0.15) is 147 Å². The Balaban J connectivity index is 3.00. The fourth-order valence-electron chi connectivity index (χ4n) is 8.82. The van der Waals surface area contributed by atoms with E-state index < -0.39 is 88.8 Å². The molecule has 1 aromatic rings. The lowest BCUT2D eigenvalue weighted by Crippen LogP contribution is -2.56. The van der Waals surface area contributed by atoms with Crippen LogP contribution in [0, 0.1) is 17.8 Å². The van der Waals surface area contributed by atoms with Crippen LogP contribution >= 0.6 is 0 Å². The maximum atomic E-state index is 14.4. The lowest BCUT2D eigenvalue weighted by atomic mass is 9.93. The minimum Gasteiger partial charge on any atom is -0.450 e. The number of likely N-dealkylation sites (N-methyl/N-ethyl adjacent to an activating group) is 2. The Hall–Kier alpha value is -5.27. The molecule has 1 unspecified atom stereocenters. The number of hydrogen-bond donors (Lipinski definition) is 3. The maximum absolute atomic E-state index is 14.4. The normalized spacial score (nSPS) is 14.8. The first-order valence-electron chi connectivity index (χ1n) is 31.8. The smallest absolute Gasteiger partial charge is 0.407 e. The van der Waals surface area contributed by atoms with E-state index in [1.54, 1.807) is 31.2 Å². The number of ether oxygens (including phenoxy) is 6. The topological polar surface area (TPSA) is 244 Å². The van der Waals surface area contributed by atoms with Crippen LogP contribution < -0.4 is 20.7 Å². The van der Waals surface area contributed by atoms with Crippen LogP contribution in [0.25, 0.3) is 0 Å². The van der Waals surface area contributed by atoms with Gasteiger partial charge in [-0.25, -0.2) is 9.59 Å². The SMILES string of the molecule is C/C=C(\C)[C@@H](O[Si](C)(C)C(C)(C)C)[C@@H](C)CC/C=C(\C)C(=O)O[C@H](CC(C)C)C(=O)N[C@@H](C)C(=O)N(C)[C@H](Cc1ccc(OC(=O)CCCCOCCOCCOCCCNC(=O)OCC[Si](C)(C)C)cc1)C(=O)N(C)CC(=O)N[C@H](C(C)=O)C(C)CC. The van der Waals surface area contributed by atoms with E-state index in [-0.39, 0.29) is 59.7 Å². The lowest BCUT2D eigenvalue weighted by molar-refractivity contribution is -0.154. The number of unbranched alkanes of at least 4 members (excludes halogenated alkanes) is 1. The Labute approximate surface area is 530 Å². The summed E-state index contributed by atoms with van der Waals surface area (Å²) in [7, 11) is -0.460. The van der Waals surface area contributed by atoms with E-state index in [1.807, 2.05) is 40.7 Å². The highest BCUT2D eigenvalue weighted by atomic mass is 28.4. The summed E-state index contributed by atoms with van der Waals surface area (Å²) in [5.74, 6) is -3.50. The van der Waals surface area contributed by atoms with Crippen LogP contribution in [-0.2, 0) is 68.1 Å². The number of alkyl carbamates (subject to hydrolysis) is 1. The number of amides is 5. The summed E-state index contributed by atoms with van der Waals surface area (Å²) in [5, 5.41) is 8.26. The molecule has 0 fully saturated rings. The number of nitrogens with one attached hydrogen (secondary N) is 3. The molecule has 0 saturated carbocycles. The van der Waals surface area contributed by atoms with Crippen LogP contribution in [0.2, 0.25) is 43.8 Å². The molecule has 5 amide bonds. The molecular formula is C66H115N5O15Si2. The van der Waals surface area contributed by atoms with Crippen molar-refractivity contribution in [2.45, 2.75) is 222 Å². The van der Waals surface area contributed by atoms with Crippen molar-refractivity contribution in [3.8, 4) is 5.75 Å². The monoisotopic (exact) mass is 1270 g/mol. The van der Waals surface area contributed by atoms with Crippen molar-refractivity contribution in [1.29, 1.82) is 0 Å². The van der Waals surface area contributed by atoms with E-state index in [0.29, 0.717) is 96.0 Å². The second-order valence-electron chi connectivity index (χ2n) is 26.6. The van der Waals surface area contributed by atoms with Crippen molar-refractivity contribution in [3.63, 3.8) is 0 Å². The summed E-state index contributed by atoms with van der Waals surface area (Å²) < 4.78 is 40.3.